The van der Waals surface area contributed by atoms with Crippen LogP contribution in [0.4, 0.5) is 0 Å². The van der Waals surface area contributed by atoms with Gasteiger partial charge in [0.15, 0.2) is 0 Å². The van der Waals surface area contributed by atoms with Crippen molar-refractivity contribution >= 4 is 15.9 Å². The van der Waals surface area contributed by atoms with Crippen LogP contribution in [-0.4, -0.2) is 11.5 Å². The zero-order valence-corrected chi connectivity index (χ0v) is 13.7. The van der Waals surface area contributed by atoms with E-state index in [1.54, 1.807) is 0 Å². The Bertz CT molecular complexity index is 311. The van der Waals surface area contributed by atoms with Crippen LogP contribution in [0.25, 0.3) is 0 Å². The second-order valence-corrected chi connectivity index (χ2v) is 6.04. The van der Waals surface area contributed by atoms with Crippen LogP contribution in [0, 0.1) is 0 Å². The first kappa shape index (κ1) is 16.6. The quantitative estimate of drug-likeness (QED) is 0.574. The third kappa shape index (κ3) is 9.17. The standard InChI is InChI=1S/C16H27BrN2/c1-2-3-4-5-6-7-8-9-12-18-14-16-11-10-15(17)13-19-16/h10-11,13,18H,2-9,12,14H2,1H3. The molecule has 2 nitrogen and oxygen atoms in total. The molecular weight excluding hydrogens is 300 g/mol. The molecule has 0 aliphatic rings. The summed E-state index contributed by atoms with van der Waals surface area (Å²) < 4.78 is 1.04. The van der Waals surface area contributed by atoms with E-state index in [4.69, 9.17) is 0 Å². The van der Waals surface area contributed by atoms with E-state index >= 15 is 0 Å². The predicted octanol–water partition coefficient (Wildman–Crippen LogP) is 5.07. The van der Waals surface area contributed by atoms with Crippen molar-refractivity contribution in [3.05, 3.63) is 28.5 Å². The third-order valence-corrected chi connectivity index (χ3v) is 3.77. The lowest BCUT2D eigenvalue weighted by Gasteiger charge is -2.04. The molecule has 0 fully saturated rings. The van der Waals surface area contributed by atoms with Crippen LogP contribution in [0.15, 0.2) is 22.8 Å². The Labute approximate surface area is 126 Å². The highest BCUT2D eigenvalue weighted by Gasteiger charge is 1.95. The fourth-order valence-corrected chi connectivity index (χ4v) is 2.35. The molecule has 0 bridgehead atoms. The van der Waals surface area contributed by atoms with Gasteiger partial charge >= 0.3 is 0 Å². The molecular formula is C16H27BrN2. The number of rotatable bonds is 11. The molecule has 3 heteroatoms. The summed E-state index contributed by atoms with van der Waals surface area (Å²) >= 11 is 3.40. The van der Waals surface area contributed by atoms with Crippen molar-refractivity contribution in [3.63, 3.8) is 0 Å². The highest BCUT2D eigenvalue weighted by atomic mass is 79.9. The van der Waals surface area contributed by atoms with Gasteiger partial charge in [-0.15, -0.1) is 0 Å². The van der Waals surface area contributed by atoms with Gasteiger partial charge < -0.3 is 5.32 Å². The monoisotopic (exact) mass is 326 g/mol. The average molecular weight is 327 g/mol. The van der Waals surface area contributed by atoms with Crippen LogP contribution in [0.2, 0.25) is 0 Å². The molecule has 0 unspecified atom stereocenters. The average Bonchev–Trinajstić information content (AvgIpc) is 2.43. The van der Waals surface area contributed by atoms with Crippen molar-refractivity contribution in [2.75, 3.05) is 6.54 Å². The zero-order valence-electron chi connectivity index (χ0n) is 12.1. The Morgan fingerprint density at radius 3 is 2.32 bits per heavy atom. The summed E-state index contributed by atoms with van der Waals surface area (Å²) in [5.74, 6) is 0. The number of aromatic nitrogens is 1. The number of nitrogens with one attached hydrogen (secondary N) is 1. The topological polar surface area (TPSA) is 24.9 Å². The van der Waals surface area contributed by atoms with E-state index in [-0.39, 0.29) is 0 Å². The van der Waals surface area contributed by atoms with E-state index in [0.717, 1.165) is 23.3 Å². The first-order valence-electron chi connectivity index (χ1n) is 7.64. The molecule has 0 saturated heterocycles. The fourth-order valence-electron chi connectivity index (χ4n) is 2.11. The van der Waals surface area contributed by atoms with E-state index in [9.17, 15) is 0 Å². The number of hydrogen-bond donors (Lipinski definition) is 1. The number of halogens is 1. The van der Waals surface area contributed by atoms with Gasteiger partial charge in [-0.1, -0.05) is 51.9 Å². The molecule has 1 aromatic rings. The number of nitrogens with zero attached hydrogens (tertiary/aromatic N) is 1. The number of unbranched alkanes of at least 4 members (excludes halogenated alkanes) is 7. The Morgan fingerprint density at radius 2 is 1.68 bits per heavy atom. The number of hydrogen-bond acceptors (Lipinski definition) is 2. The van der Waals surface area contributed by atoms with E-state index in [1.807, 2.05) is 12.3 Å². The van der Waals surface area contributed by atoms with Crippen LogP contribution in [0.1, 0.15) is 64.0 Å². The van der Waals surface area contributed by atoms with E-state index in [2.05, 4.69) is 39.2 Å². The normalized spacial score (nSPS) is 10.8. The largest absolute Gasteiger partial charge is 0.311 e. The van der Waals surface area contributed by atoms with E-state index < -0.39 is 0 Å². The second kappa shape index (κ2) is 11.4. The minimum Gasteiger partial charge on any atom is -0.311 e. The van der Waals surface area contributed by atoms with Gasteiger partial charge in [0.05, 0.1) is 5.69 Å². The fraction of sp³-hybridized carbons (Fsp3) is 0.688. The summed E-state index contributed by atoms with van der Waals surface area (Å²) in [5, 5.41) is 3.45. The second-order valence-electron chi connectivity index (χ2n) is 5.12. The Kier molecular flexibility index (Phi) is 10.0. The van der Waals surface area contributed by atoms with Gasteiger partial charge in [-0.2, -0.15) is 0 Å². The van der Waals surface area contributed by atoms with E-state index in [0.29, 0.717) is 0 Å². The van der Waals surface area contributed by atoms with Crippen LogP contribution < -0.4 is 5.32 Å². The molecule has 0 atom stereocenters. The van der Waals surface area contributed by atoms with Crippen LogP contribution in [-0.2, 0) is 6.54 Å². The van der Waals surface area contributed by atoms with Crippen LogP contribution in [0.3, 0.4) is 0 Å². The molecule has 0 aromatic carbocycles. The Hall–Kier alpha value is -0.410. The summed E-state index contributed by atoms with van der Waals surface area (Å²) in [5.41, 5.74) is 1.11. The molecule has 1 rings (SSSR count). The first-order valence-corrected chi connectivity index (χ1v) is 8.43. The Morgan fingerprint density at radius 1 is 1.00 bits per heavy atom. The molecule has 0 amide bonds. The van der Waals surface area contributed by atoms with Crippen molar-refractivity contribution in [2.24, 2.45) is 0 Å². The lowest BCUT2D eigenvalue weighted by molar-refractivity contribution is 0.553. The molecule has 108 valence electrons. The molecule has 1 heterocycles. The predicted molar refractivity (Wildman–Crippen MR) is 86.3 cm³/mol. The van der Waals surface area contributed by atoms with Crippen LogP contribution >= 0.6 is 15.9 Å². The highest BCUT2D eigenvalue weighted by Crippen LogP contribution is 2.08. The summed E-state index contributed by atoms with van der Waals surface area (Å²) in [6, 6.07) is 4.10. The smallest absolute Gasteiger partial charge is 0.0542 e. The summed E-state index contributed by atoms with van der Waals surface area (Å²) in [4.78, 5) is 4.34. The summed E-state index contributed by atoms with van der Waals surface area (Å²) in [7, 11) is 0. The van der Waals surface area contributed by atoms with Gasteiger partial charge in [0, 0.05) is 17.2 Å². The van der Waals surface area contributed by atoms with Crippen molar-refractivity contribution in [3.8, 4) is 0 Å². The van der Waals surface area contributed by atoms with E-state index in [1.165, 1.54) is 51.4 Å². The first-order chi connectivity index (χ1) is 9.33. The molecule has 0 aliphatic carbocycles. The van der Waals surface area contributed by atoms with Gasteiger partial charge in [-0.05, 0) is 41.0 Å². The minimum atomic E-state index is 0.879. The van der Waals surface area contributed by atoms with Crippen molar-refractivity contribution in [1.82, 2.24) is 10.3 Å². The SMILES string of the molecule is CCCCCCCCCCNCc1ccc(Br)cn1. The maximum Gasteiger partial charge on any atom is 0.0542 e. The molecule has 19 heavy (non-hydrogen) atoms. The maximum absolute atomic E-state index is 4.34. The molecule has 0 spiro atoms. The Balaban J connectivity index is 1.87. The number of pyridine rings is 1. The van der Waals surface area contributed by atoms with Gasteiger partial charge in [-0.3, -0.25) is 4.98 Å². The molecule has 1 N–H and O–H groups in total. The van der Waals surface area contributed by atoms with Gasteiger partial charge in [0.1, 0.15) is 0 Å². The molecule has 0 radical (unpaired) electrons. The highest BCUT2D eigenvalue weighted by molar-refractivity contribution is 9.10. The van der Waals surface area contributed by atoms with Crippen molar-refractivity contribution in [2.45, 2.75) is 64.8 Å². The lowest BCUT2D eigenvalue weighted by Crippen LogP contribution is -2.15. The maximum atomic E-state index is 4.34. The van der Waals surface area contributed by atoms with Crippen molar-refractivity contribution < 1.29 is 0 Å². The lowest BCUT2D eigenvalue weighted by atomic mass is 10.1. The van der Waals surface area contributed by atoms with Gasteiger partial charge in [0.25, 0.3) is 0 Å². The van der Waals surface area contributed by atoms with Crippen LogP contribution in [0.5, 0.6) is 0 Å². The zero-order chi connectivity index (χ0) is 13.8. The molecule has 0 saturated carbocycles. The van der Waals surface area contributed by atoms with Gasteiger partial charge in [-0.25, -0.2) is 0 Å². The van der Waals surface area contributed by atoms with Crippen molar-refractivity contribution in [1.29, 1.82) is 0 Å². The summed E-state index contributed by atoms with van der Waals surface area (Å²) in [6.45, 7) is 4.25. The van der Waals surface area contributed by atoms with Gasteiger partial charge in [0.2, 0.25) is 0 Å². The minimum absolute atomic E-state index is 0.879. The molecule has 0 aliphatic heterocycles. The third-order valence-electron chi connectivity index (χ3n) is 3.30. The summed E-state index contributed by atoms with van der Waals surface area (Å²) in [6.07, 6.45) is 12.9. The molecule has 1 aromatic heterocycles.